The first-order valence-electron chi connectivity index (χ1n) is 6.96. The van der Waals surface area contributed by atoms with Crippen molar-refractivity contribution in [2.75, 3.05) is 13.2 Å². The van der Waals surface area contributed by atoms with E-state index in [9.17, 15) is 0 Å². The van der Waals surface area contributed by atoms with Crippen LogP contribution in [0.5, 0.6) is 5.88 Å². The maximum Gasteiger partial charge on any atom is 0.231 e. The van der Waals surface area contributed by atoms with Crippen molar-refractivity contribution in [2.24, 2.45) is 0 Å². The summed E-state index contributed by atoms with van der Waals surface area (Å²) in [4.78, 5) is 4.33. The molecule has 3 aromatic heterocycles. The monoisotopic (exact) mass is 397 g/mol. The molecule has 24 heavy (non-hydrogen) atoms. The van der Waals surface area contributed by atoms with Crippen LogP contribution in [0.3, 0.4) is 0 Å². The van der Waals surface area contributed by atoms with Crippen molar-refractivity contribution in [2.45, 2.75) is 0 Å². The molecular weight excluding hydrogens is 381 g/mol. The largest absolute Gasteiger partial charge is 0.675 e. The van der Waals surface area contributed by atoms with Crippen molar-refractivity contribution < 1.29 is 41.9 Å². The summed E-state index contributed by atoms with van der Waals surface area (Å²) in [7, 11) is 0. The van der Waals surface area contributed by atoms with E-state index in [0.717, 1.165) is 16.7 Å². The molecule has 1 radical (unpaired) electrons. The summed E-state index contributed by atoms with van der Waals surface area (Å²) in [6.45, 7) is 0.507. The Morgan fingerprint density at radius 2 is 2.00 bits per heavy atom. The fourth-order valence-electron chi connectivity index (χ4n) is 2.37. The molecule has 0 aliphatic rings. The zero-order valence-electron chi connectivity index (χ0n) is 13.3. The van der Waals surface area contributed by atoms with Crippen LogP contribution < -0.4 is 4.74 Å². The molecule has 1 N–H and O–H groups in total. The van der Waals surface area contributed by atoms with Gasteiger partial charge in [-0.3, -0.25) is 0 Å². The quantitative estimate of drug-likeness (QED) is 0.488. The minimum Gasteiger partial charge on any atom is -0.675 e. The third-order valence-corrected chi connectivity index (χ3v) is 3.37. The summed E-state index contributed by atoms with van der Waals surface area (Å²) >= 11 is 0. The van der Waals surface area contributed by atoms with E-state index in [4.69, 9.17) is 14.9 Å². The number of para-hydroxylation sites is 1. The molecule has 1 aromatic carbocycles. The van der Waals surface area contributed by atoms with Gasteiger partial charge in [-0.1, -0.05) is 18.2 Å². The third-order valence-electron chi connectivity index (χ3n) is 3.37. The summed E-state index contributed by atoms with van der Waals surface area (Å²) in [6.07, 6.45) is 1.73. The number of fused-ring (bicyclic) bond motifs is 2. The minimum absolute atomic E-state index is 0. The van der Waals surface area contributed by atoms with Crippen LogP contribution >= 0.6 is 0 Å². The van der Waals surface area contributed by atoms with Crippen LogP contribution in [-0.4, -0.2) is 27.7 Å². The Balaban J connectivity index is 0.00000104. The van der Waals surface area contributed by atoms with E-state index in [2.05, 4.69) is 10.1 Å². The Kier molecular flexibility index (Phi) is 6.10. The topological polar surface area (TPSA) is 76.4 Å². The molecule has 0 fully saturated rings. The molecule has 0 saturated carbocycles. The standard InChI is InChI=1S/C16H13N4O2.CH3.Y/c17-7-8-21-16-6-5-15-18-10-12(20(15)19-16)14-9-11-3-1-2-4-13(11)22-14;;/h1-6,9-10,17H,7-8H2;1H3;/q2*-1;. The molecule has 3 heterocycles. The van der Waals surface area contributed by atoms with Crippen LogP contribution in [0, 0.1) is 7.43 Å². The summed E-state index contributed by atoms with van der Waals surface area (Å²) in [5, 5.41) is 5.44. The molecular formula is C17H16N4O2Y-2. The van der Waals surface area contributed by atoms with Gasteiger partial charge in [0.25, 0.3) is 0 Å². The minimum atomic E-state index is 0. The smallest absolute Gasteiger partial charge is 0.231 e. The van der Waals surface area contributed by atoms with Crippen LogP contribution in [0.1, 0.15) is 0 Å². The van der Waals surface area contributed by atoms with Crippen LogP contribution in [0.25, 0.3) is 33.8 Å². The van der Waals surface area contributed by atoms with Gasteiger partial charge in [-0.05, 0) is 18.2 Å². The van der Waals surface area contributed by atoms with Gasteiger partial charge in [0.15, 0.2) is 11.4 Å². The van der Waals surface area contributed by atoms with Crippen molar-refractivity contribution in [1.29, 1.82) is 0 Å². The van der Waals surface area contributed by atoms with Crippen molar-refractivity contribution in [3.8, 4) is 17.3 Å². The third kappa shape index (κ3) is 3.36. The number of ether oxygens (including phenoxy) is 1. The van der Waals surface area contributed by atoms with Gasteiger partial charge in [-0.25, -0.2) is 9.50 Å². The first-order chi connectivity index (χ1) is 10.8. The summed E-state index contributed by atoms with van der Waals surface area (Å²) in [6, 6.07) is 13.4. The van der Waals surface area contributed by atoms with E-state index >= 15 is 0 Å². The zero-order valence-corrected chi connectivity index (χ0v) is 16.1. The van der Waals surface area contributed by atoms with Crippen LogP contribution in [0.15, 0.2) is 53.1 Å². The number of benzene rings is 1. The predicted octanol–water partition coefficient (Wildman–Crippen LogP) is 4.02. The van der Waals surface area contributed by atoms with Gasteiger partial charge in [0.1, 0.15) is 11.3 Å². The second kappa shape index (κ2) is 7.88. The van der Waals surface area contributed by atoms with Crippen LogP contribution in [-0.2, 0) is 32.7 Å². The number of furan rings is 1. The van der Waals surface area contributed by atoms with E-state index in [1.807, 2.05) is 36.4 Å². The van der Waals surface area contributed by atoms with E-state index in [0.29, 0.717) is 23.9 Å². The number of hydrogen-bond donors (Lipinski definition) is 0. The van der Waals surface area contributed by atoms with E-state index in [1.165, 1.54) is 0 Å². The van der Waals surface area contributed by atoms with Crippen LogP contribution in [0.4, 0.5) is 0 Å². The van der Waals surface area contributed by atoms with Gasteiger partial charge in [0, 0.05) is 44.2 Å². The average Bonchev–Trinajstić information content (AvgIpc) is 3.15. The molecule has 6 nitrogen and oxygen atoms in total. The molecule has 0 aliphatic heterocycles. The van der Waals surface area contributed by atoms with Crippen molar-refractivity contribution >= 4 is 16.6 Å². The van der Waals surface area contributed by atoms with Crippen molar-refractivity contribution in [3.63, 3.8) is 0 Å². The molecule has 0 saturated heterocycles. The Bertz CT molecular complexity index is 915. The number of aromatic nitrogens is 3. The molecule has 7 heteroatoms. The molecule has 4 rings (SSSR count). The number of hydrogen-bond acceptors (Lipinski definition) is 4. The molecule has 0 unspecified atom stereocenters. The van der Waals surface area contributed by atoms with Crippen LogP contribution in [0.2, 0.25) is 0 Å². The molecule has 0 aliphatic carbocycles. The first kappa shape index (κ1) is 18.6. The second-order valence-corrected chi connectivity index (χ2v) is 4.83. The predicted molar refractivity (Wildman–Crippen MR) is 89.3 cm³/mol. The molecule has 0 bridgehead atoms. The number of imidazole rings is 1. The molecule has 0 atom stereocenters. The maximum atomic E-state index is 7.14. The summed E-state index contributed by atoms with van der Waals surface area (Å²) < 4.78 is 13.0. The molecule has 121 valence electrons. The van der Waals surface area contributed by atoms with Crippen molar-refractivity contribution in [3.05, 3.63) is 61.8 Å². The zero-order chi connectivity index (χ0) is 14.9. The average molecular weight is 397 g/mol. The second-order valence-electron chi connectivity index (χ2n) is 4.83. The Labute approximate surface area is 164 Å². The number of nitrogens with one attached hydrogen (secondary N) is 1. The van der Waals surface area contributed by atoms with Gasteiger partial charge in [0.05, 0.1) is 12.8 Å². The normalized spacial score (nSPS) is 10.4. The van der Waals surface area contributed by atoms with Gasteiger partial charge in [-0.15, -0.1) is 11.6 Å². The van der Waals surface area contributed by atoms with Gasteiger partial charge in [0.2, 0.25) is 5.88 Å². The fraction of sp³-hybridized carbons (Fsp3) is 0.118. The SMILES string of the molecule is [CH3-].[NH-]CCOc1ccc2ncc(-c3cc4ccccc4o3)n2n1.[Y]. The van der Waals surface area contributed by atoms with E-state index in [-0.39, 0.29) is 46.7 Å². The Hall–Kier alpha value is -1.76. The Morgan fingerprint density at radius 1 is 1.17 bits per heavy atom. The van der Waals surface area contributed by atoms with Crippen molar-refractivity contribution in [1.82, 2.24) is 14.6 Å². The first-order valence-corrected chi connectivity index (χ1v) is 6.96. The summed E-state index contributed by atoms with van der Waals surface area (Å²) in [5.41, 5.74) is 9.45. The fourth-order valence-corrected chi connectivity index (χ4v) is 2.37. The van der Waals surface area contributed by atoms with Gasteiger partial charge < -0.3 is 22.3 Å². The van der Waals surface area contributed by atoms with Gasteiger partial charge in [-0.2, -0.15) is 0 Å². The Morgan fingerprint density at radius 3 is 2.79 bits per heavy atom. The molecule has 0 amide bonds. The summed E-state index contributed by atoms with van der Waals surface area (Å²) in [5.74, 6) is 1.17. The number of rotatable bonds is 4. The maximum absolute atomic E-state index is 7.14. The molecule has 4 aromatic rings. The number of nitrogens with zero attached hydrogens (tertiary/aromatic N) is 3. The van der Waals surface area contributed by atoms with E-state index in [1.54, 1.807) is 16.8 Å². The molecule has 0 spiro atoms. The van der Waals surface area contributed by atoms with E-state index < -0.39 is 0 Å². The van der Waals surface area contributed by atoms with Gasteiger partial charge >= 0.3 is 0 Å².